The van der Waals surface area contributed by atoms with Crippen molar-refractivity contribution in [2.45, 2.75) is 31.7 Å². The third-order valence-electron chi connectivity index (χ3n) is 2.92. The fourth-order valence-electron chi connectivity index (χ4n) is 2.16. The molecule has 0 bridgehead atoms. The SMILES string of the molecule is CC(C)(N)C1CCOc2c(Cl)cccc21. The summed E-state index contributed by atoms with van der Waals surface area (Å²) in [6.45, 7) is 4.80. The van der Waals surface area contributed by atoms with Gasteiger partial charge in [0.25, 0.3) is 0 Å². The van der Waals surface area contributed by atoms with Crippen LogP contribution in [0.15, 0.2) is 18.2 Å². The van der Waals surface area contributed by atoms with Crippen LogP contribution in [0.3, 0.4) is 0 Å². The lowest BCUT2D eigenvalue weighted by atomic mass is 9.79. The highest BCUT2D eigenvalue weighted by molar-refractivity contribution is 6.32. The van der Waals surface area contributed by atoms with Gasteiger partial charge in [-0.15, -0.1) is 0 Å². The molecule has 0 saturated heterocycles. The molecule has 1 heterocycles. The number of ether oxygens (including phenoxy) is 1. The number of benzene rings is 1. The summed E-state index contributed by atoms with van der Waals surface area (Å²) in [5.74, 6) is 1.13. The van der Waals surface area contributed by atoms with Crippen LogP contribution in [0.1, 0.15) is 31.7 Å². The van der Waals surface area contributed by atoms with Gasteiger partial charge in [0.1, 0.15) is 5.75 Å². The van der Waals surface area contributed by atoms with Gasteiger partial charge in [0.2, 0.25) is 0 Å². The standard InChI is InChI=1S/C12H16ClNO/c1-12(2,14)9-6-7-15-11-8(9)4-3-5-10(11)13/h3-5,9H,6-7,14H2,1-2H3. The lowest BCUT2D eigenvalue weighted by Gasteiger charge is -2.35. The van der Waals surface area contributed by atoms with Gasteiger partial charge < -0.3 is 10.5 Å². The Labute approximate surface area is 95.4 Å². The highest BCUT2D eigenvalue weighted by Crippen LogP contribution is 2.42. The summed E-state index contributed by atoms with van der Waals surface area (Å²) in [6.07, 6.45) is 0.955. The van der Waals surface area contributed by atoms with Gasteiger partial charge in [-0.1, -0.05) is 23.7 Å². The molecule has 2 N–H and O–H groups in total. The minimum absolute atomic E-state index is 0.233. The van der Waals surface area contributed by atoms with Crippen LogP contribution in [0, 0.1) is 0 Å². The molecule has 2 rings (SSSR count). The zero-order valence-electron chi connectivity index (χ0n) is 9.09. The predicted octanol–water partition coefficient (Wildman–Crippen LogP) is 2.94. The van der Waals surface area contributed by atoms with E-state index in [1.54, 1.807) is 0 Å². The van der Waals surface area contributed by atoms with Crippen LogP contribution < -0.4 is 10.5 Å². The van der Waals surface area contributed by atoms with E-state index in [1.807, 2.05) is 26.0 Å². The van der Waals surface area contributed by atoms with Crippen LogP contribution in [0.25, 0.3) is 0 Å². The Balaban J connectivity index is 2.48. The Hall–Kier alpha value is -0.730. The Morgan fingerprint density at radius 3 is 2.87 bits per heavy atom. The molecule has 1 aliphatic rings. The highest BCUT2D eigenvalue weighted by Gasteiger charge is 2.32. The molecule has 0 saturated carbocycles. The predicted molar refractivity (Wildman–Crippen MR) is 62.6 cm³/mol. The molecule has 3 heteroatoms. The Kier molecular flexibility index (Phi) is 2.65. The second-order valence-electron chi connectivity index (χ2n) is 4.67. The number of fused-ring (bicyclic) bond motifs is 1. The minimum Gasteiger partial charge on any atom is -0.492 e. The highest BCUT2D eigenvalue weighted by atomic mass is 35.5. The van der Waals surface area contributed by atoms with Crippen molar-refractivity contribution in [2.75, 3.05) is 6.61 Å². The van der Waals surface area contributed by atoms with Crippen molar-refractivity contribution in [3.8, 4) is 5.75 Å². The van der Waals surface area contributed by atoms with E-state index in [2.05, 4.69) is 6.07 Å². The van der Waals surface area contributed by atoms with Gasteiger partial charge in [0, 0.05) is 17.0 Å². The molecule has 15 heavy (non-hydrogen) atoms. The monoisotopic (exact) mass is 225 g/mol. The van der Waals surface area contributed by atoms with Crippen LogP contribution in [0.5, 0.6) is 5.75 Å². The second-order valence-corrected chi connectivity index (χ2v) is 5.08. The Morgan fingerprint density at radius 2 is 2.20 bits per heavy atom. The molecule has 0 radical (unpaired) electrons. The van der Waals surface area contributed by atoms with E-state index in [4.69, 9.17) is 22.1 Å². The van der Waals surface area contributed by atoms with Crippen LogP contribution in [0.4, 0.5) is 0 Å². The van der Waals surface area contributed by atoms with Crippen LogP contribution in [-0.4, -0.2) is 12.1 Å². The Bertz CT molecular complexity index is 370. The van der Waals surface area contributed by atoms with Crippen LogP contribution in [-0.2, 0) is 0 Å². The van der Waals surface area contributed by atoms with Gasteiger partial charge in [-0.3, -0.25) is 0 Å². The molecule has 0 amide bonds. The molecule has 1 aromatic rings. The number of para-hydroxylation sites is 1. The van der Waals surface area contributed by atoms with Crippen molar-refractivity contribution >= 4 is 11.6 Å². The largest absolute Gasteiger partial charge is 0.492 e. The summed E-state index contributed by atoms with van der Waals surface area (Å²) >= 11 is 6.09. The molecular formula is C12H16ClNO. The topological polar surface area (TPSA) is 35.2 Å². The maximum Gasteiger partial charge on any atom is 0.141 e. The number of hydrogen-bond acceptors (Lipinski definition) is 2. The molecule has 1 aliphatic heterocycles. The lowest BCUT2D eigenvalue weighted by Crippen LogP contribution is -2.41. The number of rotatable bonds is 1. The lowest BCUT2D eigenvalue weighted by molar-refractivity contribution is 0.234. The average Bonchev–Trinajstić information content (AvgIpc) is 2.16. The quantitative estimate of drug-likeness (QED) is 0.798. The average molecular weight is 226 g/mol. The summed E-state index contributed by atoms with van der Waals surface area (Å²) in [4.78, 5) is 0. The summed E-state index contributed by atoms with van der Waals surface area (Å²) in [5, 5.41) is 0.682. The summed E-state index contributed by atoms with van der Waals surface area (Å²) in [7, 11) is 0. The third-order valence-corrected chi connectivity index (χ3v) is 3.22. The molecule has 82 valence electrons. The molecule has 0 aliphatic carbocycles. The van der Waals surface area contributed by atoms with E-state index >= 15 is 0 Å². The van der Waals surface area contributed by atoms with Crippen molar-refractivity contribution in [2.24, 2.45) is 5.73 Å². The van der Waals surface area contributed by atoms with E-state index in [1.165, 1.54) is 0 Å². The van der Waals surface area contributed by atoms with Crippen molar-refractivity contribution in [3.05, 3.63) is 28.8 Å². The van der Waals surface area contributed by atoms with Crippen LogP contribution in [0.2, 0.25) is 5.02 Å². The van der Waals surface area contributed by atoms with E-state index in [0.29, 0.717) is 17.5 Å². The van der Waals surface area contributed by atoms with Gasteiger partial charge in [-0.2, -0.15) is 0 Å². The third kappa shape index (κ3) is 1.97. The first kappa shape index (κ1) is 10.8. The molecular weight excluding hydrogens is 210 g/mol. The number of nitrogens with two attached hydrogens (primary N) is 1. The smallest absolute Gasteiger partial charge is 0.141 e. The first-order chi connectivity index (χ1) is 7.00. The van der Waals surface area contributed by atoms with Gasteiger partial charge in [0.15, 0.2) is 0 Å². The number of halogens is 1. The summed E-state index contributed by atoms with van der Waals surface area (Å²) in [6, 6.07) is 5.86. The molecule has 2 nitrogen and oxygen atoms in total. The molecule has 1 aromatic carbocycles. The van der Waals surface area contributed by atoms with Crippen molar-refractivity contribution in [1.29, 1.82) is 0 Å². The maximum atomic E-state index is 6.18. The molecule has 1 atom stereocenters. The van der Waals surface area contributed by atoms with Crippen molar-refractivity contribution < 1.29 is 4.74 Å². The minimum atomic E-state index is -0.233. The normalized spacial score (nSPS) is 20.7. The molecule has 1 unspecified atom stereocenters. The zero-order chi connectivity index (χ0) is 11.1. The molecule has 0 spiro atoms. The van der Waals surface area contributed by atoms with Crippen LogP contribution >= 0.6 is 11.6 Å². The first-order valence-electron chi connectivity index (χ1n) is 5.20. The second kappa shape index (κ2) is 3.69. The first-order valence-corrected chi connectivity index (χ1v) is 5.58. The fraction of sp³-hybridized carbons (Fsp3) is 0.500. The van der Waals surface area contributed by atoms with Gasteiger partial charge >= 0.3 is 0 Å². The van der Waals surface area contributed by atoms with Gasteiger partial charge in [-0.25, -0.2) is 0 Å². The maximum absolute atomic E-state index is 6.18. The van der Waals surface area contributed by atoms with Crippen molar-refractivity contribution in [1.82, 2.24) is 0 Å². The fourth-order valence-corrected chi connectivity index (χ4v) is 2.40. The van der Waals surface area contributed by atoms with Gasteiger partial charge in [-0.05, 0) is 26.3 Å². The number of hydrogen-bond donors (Lipinski definition) is 1. The molecule has 0 aromatic heterocycles. The van der Waals surface area contributed by atoms with Gasteiger partial charge in [0.05, 0.1) is 11.6 Å². The summed E-state index contributed by atoms with van der Waals surface area (Å²) < 4.78 is 5.59. The Morgan fingerprint density at radius 1 is 1.47 bits per heavy atom. The van der Waals surface area contributed by atoms with E-state index < -0.39 is 0 Å². The van der Waals surface area contributed by atoms with E-state index in [9.17, 15) is 0 Å². The summed E-state index contributed by atoms with van der Waals surface area (Å²) in [5.41, 5.74) is 7.08. The van der Waals surface area contributed by atoms with E-state index in [0.717, 1.165) is 17.7 Å². The van der Waals surface area contributed by atoms with E-state index in [-0.39, 0.29) is 5.54 Å². The van der Waals surface area contributed by atoms with Crippen molar-refractivity contribution in [3.63, 3.8) is 0 Å². The molecule has 0 fully saturated rings. The zero-order valence-corrected chi connectivity index (χ0v) is 9.84.